The Hall–Kier alpha value is -0.900. The van der Waals surface area contributed by atoms with Crippen LogP contribution in [0, 0.1) is 5.92 Å². The van der Waals surface area contributed by atoms with E-state index in [1.54, 1.807) is 4.68 Å². The van der Waals surface area contributed by atoms with Crippen LogP contribution in [0.1, 0.15) is 18.5 Å². The summed E-state index contributed by atoms with van der Waals surface area (Å²) in [6.45, 7) is 0. The van der Waals surface area contributed by atoms with E-state index in [2.05, 4.69) is 10.3 Å². The largest absolute Gasteiger partial charge is 0.327 e. The molecule has 0 bridgehead atoms. The number of nitrogens with zero attached hydrogens (tertiary/aromatic N) is 3. The SMILES string of the molecule is Cn1cc(CC2CCC2N)nn1. The highest BCUT2D eigenvalue weighted by Crippen LogP contribution is 2.28. The van der Waals surface area contributed by atoms with Crippen molar-refractivity contribution in [3.8, 4) is 0 Å². The van der Waals surface area contributed by atoms with Crippen LogP contribution in [-0.4, -0.2) is 21.0 Å². The maximum atomic E-state index is 5.82. The lowest BCUT2D eigenvalue weighted by molar-refractivity contribution is 0.254. The summed E-state index contributed by atoms with van der Waals surface area (Å²) in [5.41, 5.74) is 6.89. The second kappa shape index (κ2) is 2.86. The first kappa shape index (κ1) is 7.73. The van der Waals surface area contributed by atoms with E-state index in [1.165, 1.54) is 12.8 Å². The smallest absolute Gasteiger partial charge is 0.0830 e. The minimum absolute atomic E-state index is 0.395. The minimum atomic E-state index is 0.395. The average molecular weight is 166 g/mol. The van der Waals surface area contributed by atoms with Crippen LogP contribution in [0.15, 0.2) is 6.20 Å². The van der Waals surface area contributed by atoms with Gasteiger partial charge >= 0.3 is 0 Å². The Labute approximate surface area is 71.8 Å². The predicted molar refractivity (Wildman–Crippen MR) is 45.4 cm³/mol. The number of hydrogen-bond donors (Lipinski definition) is 1. The van der Waals surface area contributed by atoms with Crippen molar-refractivity contribution in [3.05, 3.63) is 11.9 Å². The molecule has 2 atom stereocenters. The summed E-state index contributed by atoms with van der Waals surface area (Å²) in [5, 5.41) is 7.91. The number of rotatable bonds is 2. The zero-order valence-electron chi connectivity index (χ0n) is 7.27. The molecule has 1 saturated carbocycles. The molecule has 0 saturated heterocycles. The topological polar surface area (TPSA) is 56.7 Å². The fourth-order valence-corrected chi connectivity index (χ4v) is 1.61. The van der Waals surface area contributed by atoms with Gasteiger partial charge in [0.2, 0.25) is 0 Å². The molecule has 1 aliphatic rings. The van der Waals surface area contributed by atoms with Crippen LogP contribution in [0.3, 0.4) is 0 Å². The van der Waals surface area contributed by atoms with Crippen LogP contribution in [0.4, 0.5) is 0 Å². The van der Waals surface area contributed by atoms with Gasteiger partial charge in [-0.15, -0.1) is 5.10 Å². The molecule has 12 heavy (non-hydrogen) atoms. The molecule has 0 radical (unpaired) electrons. The van der Waals surface area contributed by atoms with Crippen molar-refractivity contribution in [1.29, 1.82) is 0 Å². The molecule has 4 heteroatoms. The molecule has 2 N–H and O–H groups in total. The zero-order valence-corrected chi connectivity index (χ0v) is 7.27. The second-order valence-electron chi connectivity index (χ2n) is 3.59. The minimum Gasteiger partial charge on any atom is -0.327 e. The van der Waals surface area contributed by atoms with Gasteiger partial charge in [0.1, 0.15) is 0 Å². The molecule has 66 valence electrons. The molecule has 1 aromatic heterocycles. The lowest BCUT2D eigenvalue weighted by atomic mass is 9.77. The van der Waals surface area contributed by atoms with E-state index < -0.39 is 0 Å². The Balaban J connectivity index is 1.95. The van der Waals surface area contributed by atoms with Gasteiger partial charge in [0.05, 0.1) is 5.69 Å². The quantitative estimate of drug-likeness (QED) is 0.677. The highest BCUT2D eigenvalue weighted by atomic mass is 15.4. The third-order valence-corrected chi connectivity index (χ3v) is 2.60. The van der Waals surface area contributed by atoms with E-state index in [-0.39, 0.29) is 0 Å². The molecular weight excluding hydrogens is 152 g/mol. The van der Waals surface area contributed by atoms with Gasteiger partial charge in [-0.25, -0.2) is 0 Å². The molecule has 0 spiro atoms. The Morgan fingerprint density at radius 2 is 2.50 bits per heavy atom. The van der Waals surface area contributed by atoms with E-state index in [0.717, 1.165) is 12.1 Å². The molecule has 0 aliphatic heterocycles. The molecule has 1 aromatic rings. The fraction of sp³-hybridized carbons (Fsp3) is 0.750. The number of nitrogens with two attached hydrogens (primary N) is 1. The van der Waals surface area contributed by atoms with Crippen molar-refractivity contribution in [2.45, 2.75) is 25.3 Å². The third-order valence-electron chi connectivity index (χ3n) is 2.60. The second-order valence-corrected chi connectivity index (χ2v) is 3.59. The van der Waals surface area contributed by atoms with Crippen LogP contribution in [-0.2, 0) is 13.5 Å². The van der Waals surface area contributed by atoms with E-state index in [9.17, 15) is 0 Å². The van der Waals surface area contributed by atoms with Gasteiger partial charge in [0.15, 0.2) is 0 Å². The Morgan fingerprint density at radius 1 is 1.67 bits per heavy atom. The van der Waals surface area contributed by atoms with Crippen LogP contribution >= 0.6 is 0 Å². The van der Waals surface area contributed by atoms with Crippen molar-refractivity contribution < 1.29 is 0 Å². The summed E-state index contributed by atoms with van der Waals surface area (Å²) in [4.78, 5) is 0. The summed E-state index contributed by atoms with van der Waals surface area (Å²) < 4.78 is 1.74. The highest BCUT2D eigenvalue weighted by molar-refractivity contribution is 4.98. The third kappa shape index (κ3) is 1.34. The Morgan fingerprint density at radius 3 is 2.92 bits per heavy atom. The molecule has 2 rings (SSSR count). The van der Waals surface area contributed by atoms with Crippen molar-refractivity contribution >= 4 is 0 Å². The Kier molecular flexibility index (Phi) is 1.84. The first-order valence-corrected chi connectivity index (χ1v) is 4.36. The van der Waals surface area contributed by atoms with Crippen LogP contribution in [0.2, 0.25) is 0 Å². The summed E-state index contributed by atoms with van der Waals surface area (Å²) in [6.07, 6.45) is 5.38. The normalized spacial score (nSPS) is 28.5. The van der Waals surface area contributed by atoms with Gasteiger partial charge in [0.25, 0.3) is 0 Å². The van der Waals surface area contributed by atoms with Gasteiger partial charge in [0, 0.05) is 19.3 Å². The standard InChI is InChI=1S/C8H14N4/c1-12-5-7(10-11-12)4-6-2-3-8(6)9/h5-6,8H,2-4,9H2,1H3. The lowest BCUT2D eigenvalue weighted by Crippen LogP contribution is -2.40. The molecule has 1 aliphatic carbocycles. The molecular formula is C8H14N4. The van der Waals surface area contributed by atoms with Gasteiger partial charge in [-0.3, -0.25) is 4.68 Å². The van der Waals surface area contributed by atoms with Crippen LogP contribution < -0.4 is 5.73 Å². The first-order valence-electron chi connectivity index (χ1n) is 4.36. The molecule has 0 aromatic carbocycles. The first-order chi connectivity index (χ1) is 5.75. The lowest BCUT2D eigenvalue weighted by Gasteiger charge is -2.32. The van der Waals surface area contributed by atoms with Gasteiger partial charge in [-0.2, -0.15) is 0 Å². The number of aromatic nitrogens is 3. The molecule has 4 nitrogen and oxygen atoms in total. The van der Waals surface area contributed by atoms with E-state index in [4.69, 9.17) is 5.73 Å². The zero-order chi connectivity index (χ0) is 8.55. The summed E-state index contributed by atoms with van der Waals surface area (Å²) >= 11 is 0. The average Bonchev–Trinajstić information content (AvgIpc) is 2.44. The van der Waals surface area contributed by atoms with Crippen molar-refractivity contribution in [3.63, 3.8) is 0 Å². The predicted octanol–water partition coefficient (Wildman–Crippen LogP) is 0.0949. The van der Waals surface area contributed by atoms with E-state index in [0.29, 0.717) is 12.0 Å². The van der Waals surface area contributed by atoms with Gasteiger partial charge in [-0.1, -0.05) is 5.21 Å². The maximum absolute atomic E-state index is 5.82. The van der Waals surface area contributed by atoms with Crippen LogP contribution in [0.25, 0.3) is 0 Å². The summed E-state index contributed by atoms with van der Waals surface area (Å²) in [7, 11) is 1.89. The fourth-order valence-electron chi connectivity index (χ4n) is 1.61. The van der Waals surface area contributed by atoms with Crippen molar-refractivity contribution in [2.24, 2.45) is 18.7 Å². The Bertz CT molecular complexity index is 268. The monoisotopic (exact) mass is 166 g/mol. The molecule has 1 heterocycles. The molecule has 1 fully saturated rings. The van der Waals surface area contributed by atoms with E-state index in [1.807, 2.05) is 13.2 Å². The summed E-state index contributed by atoms with van der Waals surface area (Å²) in [5.74, 6) is 0.640. The summed E-state index contributed by atoms with van der Waals surface area (Å²) in [6, 6.07) is 0.395. The van der Waals surface area contributed by atoms with Crippen molar-refractivity contribution in [2.75, 3.05) is 0 Å². The molecule has 2 unspecified atom stereocenters. The molecule has 0 amide bonds. The number of hydrogen-bond acceptors (Lipinski definition) is 3. The van der Waals surface area contributed by atoms with Gasteiger partial charge in [-0.05, 0) is 25.2 Å². The van der Waals surface area contributed by atoms with Crippen molar-refractivity contribution in [1.82, 2.24) is 15.0 Å². The number of aryl methyl sites for hydroxylation is 1. The maximum Gasteiger partial charge on any atom is 0.0830 e. The van der Waals surface area contributed by atoms with E-state index >= 15 is 0 Å². The van der Waals surface area contributed by atoms with Crippen LogP contribution in [0.5, 0.6) is 0 Å². The highest BCUT2D eigenvalue weighted by Gasteiger charge is 2.27. The van der Waals surface area contributed by atoms with Gasteiger partial charge < -0.3 is 5.73 Å².